The number of aryl methyl sites for hydroxylation is 12. The third-order valence-corrected chi connectivity index (χ3v) is 31.5. The molecule has 3 saturated carbocycles. The van der Waals surface area contributed by atoms with Gasteiger partial charge in [0.15, 0.2) is 0 Å². The summed E-state index contributed by atoms with van der Waals surface area (Å²) in [6.45, 7) is 54.1. The molecule has 11 aromatic rings. The van der Waals surface area contributed by atoms with E-state index in [0.717, 1.165) is 85.7 Å². The van der Waals surface area contributed by atoms with Crippen LogP contribution in [0.3, 0.4) is 0 Å². The molecule has 0 unspecified atom stereocenters. The molecule has 2 N–H and O–H groups in total. The van der Waals surface area contributed by atoms with Crippen LogP contribution in [0.5, 0.6) is 11.5 Å². The summed E-state index contributed by atoms with van der Waals surface area (Å²) >= 11 is 0. The van der Waals surface area contributed by atoms with Crippen molar-refractivity contribution < 1.29 is 10.2 Å². The highest BCUT2D eigenvalue weighted by Crippen LogP contribution is 2.50. The molecule has 14 rings (SSSR count). The Morgan fingerprint density at radius 1 is 0.300 bits per heavy atom. The molecule has 0 aromatic heterocycles. The Balaban J connectivity index is 0.000000173. The molecule has 3 aliphatic carbocycles. The van der Waals surface area contributed by atoms with Crippen molar-refractivity contribution in [3.05, 3.63) is 316 Å². The van der Waals surface area contributed by atoms with Gasteiger partial charge in [-0.1, -0.05) is 320 Å². The first-order valence-electron chi connectivity index (χ1n) is 51.5. The number of allylic oxidation sites excluding steroid dienone is 10. The van der Waals surface area contributed by atoms with E-state index in [0.29, 0.717) is 29.3 Å². The highest BCUT2D eigenvalue weighted by Gasteiger charge is 2.33. The molecule has 0 bridgehead atoms. The van der Waals surface area contributed by atoms with Crippen molar-refractivity contribution >= 4 is 53.9 Å². The number of rotatable bonds is 29. The van der Waals surface area contributed by atoms with E-state index in [4.69, 9.17) is 0 Å². The fourth-order valence-electron chi connectivity index (χ4n) is 22.5. The van der Waals surface area contributed by atoms with Crippen molar-refractivity contribution in [1.29, 1.82) is 0 Å². The van der Waals surface area contributed by atoms with E-state index in [9.17, 15) is 10.2 Å². The zero-order valence-corrected chi connectivity index (χ0v) is 86.0. The molecule has 0 aliphatic heterocycles. The molecular formula is C128H172O2. The summed E-state index contributed by atoms with van der Waals surface area (Å²) in [7, 11) is 0. The first kappa shape index (κ1) is 103. The largest absolute Gasteiger partial charge is 0.507 e. The van der Waals surface area contributed by atoms with Crippen LogP contribution in [-0.2, 0) is 12.8 Å². The Morgan fingerprint density at radius 3 is 1.05 bits per heavy atom. The second kappa shape index (κ2) is 50.8. The lowest BCUT2D eigenvalue weighted by atomic mass is 9.69. The molecular weight excluding hydrogens is 1570 g/mol. The van der Waals surface area contributed by atoms with E-state index in [-0.39, 0.29) is 0 Å². The fraction of sp³-hybridized carbons (Fsp3) is 0.484. The minimum absolute atomic E-state index is 0.472. The molecule has 0 amide bonds. The van der Waals surface area contributed by atoms with E-state index in [1.807, 2.05) is 0 Å². The number of fused-ring (bicyclic) bond motifs is 5. The van der Waals surface area contributed by atoms with Crippen molar-refractivity contribution in [2.75, 3.05) is 0 Å². The monoisotopic (exact) mass is 1740 g/mol. The van der Waals surface area contributed by atoms with Crippen molar-refractivity contribution in [2.45, 2.75) is 377 Å². The Kier molecular flexibility index (Phi) is 40.3. The van der Waals surface area contributed by atoms with Gasteiger partial charge in [0.25, 0.3) is 0 Å². The number of phenolic OH excluding ortho intramolecular Hbond substituents is 2. The summed E-state index contributed by atoms with van der Waals surface area (Å²) < 4.78 is 0. The third-order valence-electron chi connectivity index (χ3n) is 31.5. The zero-order valence-electron chi connectivity index (χ0n) is 86.0. The molecule has 11 aromatic carbocycles. The van der Waals surface area contributed by atoms with Gasteiger partial charge in [-0.25, -0.2) is 0 Å². The number of aromatic hydroxyl groups is 2. The average molecular weight is 1740 g/mol. The van der Waals surface area contributed by atoms with Gasteiger partial charge >= 0.3 is 0 Å². The van der Waals surface area contributed by atoms with Gasteiger partial charge < -0.3 is 10.2 Å². The predicted octanol–water partition coefficient (Wildman–Crippen LogP) is 38.8. The molecule has 0 spiro atoms. The molecule has 0 heterocycles. The summed E-state index contributed by atoms with van der Waals surface area (Å²) in [6.07, 6.45) is 51.0. The van der Waals surface area contributed by atoms with Gasteiger partial charge in [-0.2, -0.15) is 0 Å². The number of benzene rings is 11. The fourth-order valence-corrected chi connectivity index (χ4v) is 22.5. The first-order chi connectivity index (χ1) is 62.3. The van der Waals surface area contributed by atoms with Crippen LogP contribution in [0.15, 0.2) is 210 Å². The van der Waals surface area contributed by atoms with Crippen LogP contribution in [0.2, 0.25) is 0 Å². The number of hydrogen-bond donors (Lipinski definition) is 2. The highest BCUT2D eigenvalue weighted by molar-refractivity contribution is 5.95. The van der Waals surface area contributed by atoms with Gasteiger partial charge in [-0.05, 0) is 444 Å². The van der Waals surface area contributed by atoms with Gasteiger partial charge in [-0.15, -0.1) is 0 Å². The van der Waals surface area contributed by atoms with Crippen LogP contribution in [0, 0.1) is 127 Å². The molecule has 0 saturated heterocycles. The van der Waals surface area contributed by atoms with Crippen LogP contribution in [0.1, 0.15) is 372 Å². The van der Waals surface area contributed by atoms with Crippen LogP contribution in [0.25, 0.3) is 53.9 Å². The van der Waals surface area contributed by atoms with Gasteiger partial charge in [-0.3, -0.25) is 0 Å². The number of phenols is 2. The molecule has 3 fully saturated rings. The van der Waals surface area contributed by atoms with Crippen molar-refractivity contribution in [3.8, 4) is 11.5 Å². The van der Waals surface area contributed by atoms with Gasteiger partial charge in [0.2, 0.25) is 0 Å². The lowest BCUT2D eigenvalue weighted by molar-refractivity contribution is 0.185. The molecule has 2 atom stereocenters. The topological polar surface area (TPSA) is 40.5 Å². The predicted molar refractivity (Wildman–Crippen MR) is 575 cm³/mol. The molecule has 2 nitrogen and oxygen atoms in total. The van der Waals surface area contributed by atoms with Crippen LogP contribution in [0.4, 0.5) is 0 Å². The lowest BCUT2D eigenvalue weighted by Crippen LogP contribution is -2.23. The van der Waals surface area contributed by atoms with E-state index >= 15 is 0 Å². The van der Waals surface area contributed by atoms with E-state index < -0.39 is 0 Å². The second-order valence-electron chi connectivity index (χ2n) is 41.9. The summed E-state index contributed by atoms with van der Waals surface area (Å²) in [5.74, 6) is 7.35. The van der Waals surface area contributed by atoms with Gasteiger partial charge in [0.05, 0.1) is 0 Å². The Morgan fingerprint density at radius 2 is 0.631 bits per heavy atom. The van der Waals surface area contributed by atoms with E-state index in [1.165, 1.54) is 318 Å². The van der Waals surface area contributed by atoms with E-state index in [1.54, 1.807) is 5.57 Å². The first-order valence-corrected chi connectivity index (χ1v) is 51.5. The SMILES string of the molecule is C/C(=C\Cc1c(C)c(C)c2ccccc2c1C)CCC[C@H](C)CCC[C@H](C)CCCC(C)C.CC(C)=CCC/C(C)=C/CC/C(C)=C/CC/C(C)=C/Cc1c(C)c(C)c2ccccc2c1C.Cc1c(O)c(C2CCC(C3CCCCC3)CC2)c(C)c2ccccc12.Cc1cc(C)c2ccccc2c1C.Cc1ccc(C2CCC(c3c(O)c(C)c4ccccc4c3C)CC2)cc1. The minimum atomic E-state index is 0.472. The summed E-state index contributed by atoms with van der Waals surface area (Å²) in [5.41, 5.74) is 33.3. The average Bonchev–Trinajstić information content (AvgIpc) is 0.750. The maximum atomic E-state index is 10.9. The minimum Gasteiger partial charge on any atom is -0.507 e. The molecule has 2 heteroatoms. The zero-order chi connectivity index (χ0) is 93.8. The van der Waals surface area contributed by atoms with Crippen molar-refractivity contribution in [2.24, 2.45) is 29.6 Å². The van der Waals surface area contributed by atoms with Gasteiger partial charge in [0.1, 0.15) is 11.5 Å². The molecule has 696 valence electrons. The Hall–Kier alpha value is -8.98. The van der Waals surface area contributed by atoms with Gasteiger partial charge in [0, 0.05) is 11.1 Å². The maximum absolute atomic E-state index is 10.9. The summed E-state index contributed by atoms with van der Waals surface area (Å²) in [5, 5.41) is 35.3. The smallest absolute Gasteiger partial charge is 0.122 e. The van der Waals surface area contributed by atoms with Crippen molar-refractivity contribution in [3.63, 3.8) is 0 Å². The molecule has 0 radical (unpaired) electrons. The number of hydrogen-bond acceptors (Lipinski definition) is 2. The summed E-state index contributed by atoms with van der Waals surface area (Å²) in [6, 6.07) is 54.6. The van der Waals surface area contributed by atoms with Crippen LogP contribution >= 0.6 is 0 Å². The molecule has 3 aliphatic rings. The normalized spacial score (nSPS) is 17.0. The third kappa shape index (κ3) is 28.3. The highest BCUT2D eigenvalue weighted by atomic mass is 16.3. The lowest BCUT2D eigenvalue weighted by Gasteiger charge is -2.36. The van der Waals surface area contributed by atoms with E-state index in [2.05, 4.69) is 348 Å². The standard InChI is InChI=1S/C33H52.C33H46.C25H28O.C24H32O.C13H14/c2*1-24(2)14-11-15-25(3)16-12-17-26(4)18-13-19-27(5)22-23-31-28(6)29(7)32-20-9-10-21-33(32)30(31)8;1-16-8-10-19(11-9-16)20-12-14-21(15-13-20)24-17(2)22-6-4-5-7-23(22)18(3)25(24)26;1-16-21-10-6-7-11-22(21)17(2)24(25)23(16)20-14-12-19(13-15-20)18-8-4-3-5-9-18;1-9-8-10(2)12-6-4-5-7-13(12)11(9)3/h9-10,20-22,24-26H,11-19,23H2,1-8H3;9-10,14,16,18,20-22H,11-13,15,17,19,23H2,1-8H3;4-11,20-21,26H,12-15H2,1-3H3;6-7,10-11,18-20,25H,3-5,8-9,12-15H2,1-2H3;4-8H,1-3H3/b27-22+;25-16+,26-18+,27-22+;;;/t25-,26-;;;;/m1..../s1. The summed E-state index contributed by atoms with van der Waals surface area (Å²) in [4.78, 5) is 0. The van der Waals surface area contributed by atoms with Crippen molar-refractivity contribution in [1.82, 2.24) is 0 Å². The Labute approximate surface area is 792 Å². The maximum Gasteiger partial charge on any atom is 0.122 e. The molecule has 130 heavy (non-hydrogen) atoms. The Bertz CT molecular complexity index is 5670. The second-order valence-corrected chi connectivity index (χ2v) is 41.9. The van der Waals surface area contributed by atoms with Crippen LogP contribution < -0.4 is 0 Å². The quantitative estimate of drug-likeness (QED) is 0.0459. The van der Waals surface area contributed by atoms with Crippen LogP contribution in [-0.4, -0.2) is 10.2 Å².